The van der Waals surface area contributed by atoms with Crippen molar-refractivity contribution in [2.75, 3.05) is 26.0 Å². The number of nitrogens with one attached hydrogen (secondary N) is 1. The second-order valence-electron chi connectivity index (χ2n) is 5.07. The molecule has 2 heterocycles. The van der Waals surface area contributed by atoms with E-state index in [4.69, 9.17) is 0 Å². The Kier molecular flexibility index (Phi) is 4.97. The second-order valence-corrected chi connectivity index (χ2v) is 5.07. The van der Waals surface area contributed by atoms with Gasteiger partial charge >= 0.3 is 6.18 Å². The molecule has 118 valence electrons. The van der Waals surface area contributed by atoms with Crippen LogP contribution in [-0.2, 0) is 6.18 Å². The van der Waals surface area contributed by atoms with Crippen LogP contribution in [0, 0.1) is 0 Å². The molecule has 7 heteroatoms. The van der Waals surface area contributed by atoms with Gasteiger partial charge in [0.25, 0.3) is 0 Å². The van der Waals surface area contributed by atoms with Crippen LogP contribution < -0.4 is 5.32 Å². The first-order chi connectivity index (χ1) is 10.4. The number of likely N-dealkylation sites (N-methyl/N-ethyl adjacent to an activating group) is 1. The molecule has 1 atom stereocenters. The highest BCUT2D eigenvalue weighted by Gasteiger charge is 2.30. The van der Waals surface area contributed by atoms with Gasteiger partial charge < -0.3 is 10.2 Å². The van der Waals surface area contributed by atoms with Crippen LogP contribution in [0.3, 0.4) is 0 Å². The van der Waals surface area contributed by atoms with Crippen LogP contribution in [0.15, 0.2) is 42.9 Å². The van der Waals surface area contributed by atoms with Crippen molar-refractivity contribution >= 4 is 5.82 Å². The van der Waals surface area contributed by atoms with E-state index >= 15 is 0 Å². The quantitative estimate of drug-likeness (QED) is 0.921. The Morgan fingerprint density at radius 2 is 2.00 bits per heavy atom. The van der Waals surface area contributed by atoms with Crippen molar-refractivity contribution in [3.05, 3.63) is 54.0 Å². The molecule has 0 aliphatic carbocycles. The van der Waals surface area contributed by atoms with E-state index in [0.717, 1.165) is 23.9 Å². The number of alkyl halides is 3. The average molecular weight is 310 g/mol. The van der Waals surface area contributed by atoms with Crippen LogP contribution >= 0.6 is 0 Å². The van der Waals surface area contributed by atoms with Crippen molar-refractivity contribution in [2.45, 2.75) is 12.2 Å². The van der Waals surface area contributed by atoms with Crippen LogP contribution in [0.2, 0.25) is 0 Å². The second kappa shape index (κ2) is 6.74. The Bertz CT molecular complexity index is 599. The lowest BCUT2D eigenvalue weighted by atomic mass is 10.1. The molecule has 0 unspecified atom stereocenters. The summed E-state index contributed by atoms with van der Waals surface area (Å²) in [5.74, 6) is 0.200. The molecule has 0 aromatic carbocycles. The maximum Gasteiger partial charge on any atom is 0.416 e. The molecule has 0 bridgehead atoms. The van der Waals surface area contributed by atoms with Gasteiger partial charge in [-0.05, 0) is 37.9 Å². The smallest absolute Gasteiger partial charge is 0.368 e. The summed E-state index contributed by atoms with van der Waals surface area (Å²) in [4.78, 5) is 9.97. The Balaban J connectivity index is 2.11. The van der Waals surface area contributed by atoms with Gasteiger partial charge in [0.2, 0.25) is 0 Å². The van der Waals surface area contributed by atoms with Gasteiger partial charge in [0.15, 0.2) is 0 Å². The third-order valence-electron chi connectivity index (χ3n) is 3.26. The molecule has 0 saturated carbocycles. The van der Waals surface area contributed by atoms with Gasteiger partial charge in [-0.15, -0.1) is 0 Å². The lowest BCUT2D eigenvalue weighted by molar-refractivity contribution is -0.137. The molecule has 0 amide bonds. The Morgan fingerprint density at radius 1 is 1.23 bits per heavy atom. The van der Waals surface area contributed by atoms with E-state index in [9.17, 15) is 13.2 Å². The predicted octanol–water partition coefficient (Wildman–Crippen LogP) is 3.21. The summed E-state index contributed by atoms with van der Waals surface area (Å²) in [7, 11) is 3.80. The van der Waals surface area contributed by atoms with Crippen LogP contribution in [0.1, 0.15) is 17.2 Å². The van der Waals surface area contributed by atoms with Gasteiger partial charge in [-0.25, -0.2) is 4.98 Å². The van der Waals surface area contributed by atoms with E-state index in [1.807, 2.05) is 31.1 Å². The van der Waals surface area contributed by atoms with E-state index in [1.54, 1.807) is 12.4 Å². The normalized spacial score (nSPS) is 13.2. The average Bonchev–Trinajstić information content (AvgIpc) is 2.48. The van der Waals surface area contributed by atoms with Crippen molar-refractivity contribution in [1.29, 1.82) is 0 Å². The number of anilines is 1. The minimum absolute atomic E-state index is 0.0231. The van der Waals surface area contributed by atoms with Crippen molar-refractivity contribution in [1.82, 2.24) is 14.9 Å². The summed E-state index contributed by atoms with van der Waals surface area (Å²) < 4.78 is 38.1. The molecule has 1 N–H and O–H groups in total. The van der Waals surface area contributed by atoms with E-state index in [-0.39, 0.29) is 11.9 Å². The van der Waals surface area contributed by atoms with E-state index in [1.165, 1.54) is 0 Å². The molecule has 0 aliphatic heterocycles. The number of aromatic nitrogens is 2. The standard InChI is InChI=1S/C15H17F3N4/c1-22(2)13(11-4-3-6-19-9-11)10-21-14-8-12(5-7-20-14)15(16,17)18/h3-9,13H,10H2,1-2H3,(H,20,21)/t13-/m0/s1. The lowest BCUT2D eigenvalue weighted by Crippen LogP contribution is -2.27. The fraction of sp³-hybridized carbons (Fsp3) is 0.333. The lowest BCUT2D eigenvalue weighted by Gasteiger charge is -2.25. The number of nitrogens with zero attached hydrogens (tertiary/aromatic N) is 3. The SMILES string of the molecule is CN(C)[C@@H](CNc1cc(C(F)(F)F)ccn1)c1cccnc1. The first kappa shape index (κ1) is 16.2. The third kappa shape index (κ3) is 4.17. The number of pyridine rings is 2. The molecule has 2 rings (SSSR count). The monoisotopic (exact) mass is 310 g/mol. The van der Waals surface area contributed by atoms with Crippen molar-refractivity contribution < 1.29 is 13.2 Å². The summed E-state index contributed by atoms with van der Waals surface area (Å²) in [6.45, 7) is 0.424. The summed E-state index contributed by atoms with van der Waals surface area (Å²) >= 11 is 0. The molecular formula is C15H17F3N4. The Morgan fingerprint density at radius 3 is 2.59 bits per heavy atom. The zero-order valence-corrected chi connectivity index (χ0v) is 12.3. The molecule has 0 spiro atoms. The van der Waals surface area contributed by atoms with Gasteiger partial charge in [0.1, 0.15) is 5.82 Å². The Hall–Kier alpha value is -2.15. The topological polar surface area (TPSA) is 41.0 Å². The fourth-order valence-electron chi connectivity index (χ4n) is 2.08. The number of hydrogen-bond donors (Lipinski definition) is 1. The minimum atomic E-state index is -4.37. The number of rotatable bonds is 5. The van der Waals surface area contributed by atoms with Crippen LogP contribution in [-0.4, -0.2) is 35.5 Å². The first-order valence-corrected chi connectivity index (χ1v) is 6.71. The Labute approximate surface area is 127 Å². The van der Waals surface area contributed by atoms with E-state index < -0.39 is 11.7 Å². The zero-order chi connectivity index (χ0) is 16.2. The van der Waals surface area contributed by atoms with E-state index in [0.29, 0.717) is 6.54 Å². The highest BCUT2D eigenvalue weighted by atomic mass is 19.4. The molecule has 0 saturated heterocycles. The molecule has 22 heavy (non-hydrogen) atoms. The minimum Gasteiger partial charge on any atom is -0.368 e. The van der Waals surface area contributed by atoms with Gasteiger partial charge in [0.05, 0.1) is 11.6 Å². The van der Waals surface area contributed by atoms with Crippen LogP contribution in [0.4, 0.5) is 19.0 Å². The number of halogens is 3. The third-order valence-corrected chi connectivity index (χ3v) is 3.26. The highest BCUT2D eigenvalue weighted by molar-refractivity contribution is 5.39. The summed E-state index contributed by atoms with van der Waals surface area (Å²) in [5, 5.41) is 2.96. The fourth-order valence-corrected chi connectivity index (χ4v) is 2.08. The molecule has 0 radical (unpaired) electrons. The van der Waals surface area contributed by atoms with Gasteiger partial charge in [-0.1, -0.05) is 6.07 Å². The highest BCUT2D eigenvalue weighted by Crippen LogP contribution is 2.30. The molecule has 0 fully saturated rings. The molecular weight excluding hydrogens is 293 g/mol. The predicted molar refractivity (Wildman–Crippen MR) is 78.4 cm³/mol. The van der Waals surface area contributed by atoms with E-state index in [2.05, 4.69) is 15.3 Å². The van der Waals surface area contributed by atoms with Gasteiger partial charge in [-0.2, -0.15) is 13.2 Å². The molecule has 0 aliphatic rings. The van der Waals surface area contributed by atoms with Gasteiger partial charge in [-0.3, -0.25) is 4.98 Å². The largest absolute Gasteiger partial charge is 0.416 e. The van der Waals surface area contributed by atoms with Crippen LogP contribution in [0.5, 0.6) is 0 Å². The van der Waals surface area contributed by atoms with Crippen molar-refractivity contribution in [3.63, 3.8) is 0 Å². The summed E-state index contributed by atoms with van der Waals surface area (Å²) in [6, 6.07) is 5.70. The molecule has 2 aromatic rings. The molecule has 2 aromatic heterocycles. The van der Waals surface area contributed by atoms with Crippen LogP contribution in [0.25, 0.3) is 0 Å². The van der Waals surface area contributed by atoms with Crippen molar-refractivity contribution in [3.8, 4) is 0 Å². The first-order valence-electron chi connectivity index (χ1n) is 6.71. The summed E-state index contributed by atoms with van der Waals surface area (Å²) in [5.41, 5.74) is 0.264. The van der Waals surface area contributed by atoms with Gasteiger partial charge in [0, 0.05) is 25.1 Å². The number of hydrogen-bond acceptors (Lipinski definition) is 4. The zero-order valence-electron chi connectivity index (χ0n) is 12.3. The molecule has 4 nitrogen and oxygen atoms in total. The maximum atomic E-state index is 12.7. The van der Waals surface area contributed by atoms with Crippen molar-refractivity contribution in [2.24, 2.45) is 0 Å². The maximum absolute atomic E-state index is 12.7. The summed E-state index contributed by atoms with van der Waals surface area (Å²) in [6.07, 6.45) is 0.202.